The highest BCUT2D eigenvalue weighted by atomic mass is 28.4. The third kappa shape index (κ3) is 4.21. The molecule has 18 heavy (non-hydrogen) atoms. The summed E-state index contributed by atoms with van der Waals surface area (Å²) >= 11 is 0. The zero-order valence-electron chi connectivity index (χ0n) is 13.1. The van der Waals surface area contributed by atoms with Crippen LogP contribution in [-0.2, 0) is 4.43 Å². The Morgan fingerprint density at radius 2 is 2.00 bits per heavy atom. The van der Waals surface area contributed by atoms with Crippen molar-refractivity contribution >= 4 is 8.32 Å². The van der Waals surface area contributed by atoms with Gasteiger partial charge in [0.15, 0.2) is 8.32 Å². The fraction of sp³-hybridized carbons (Fsp3) is 0.867. The Morgan fingerprint density at radius 3 is 2.56 bits per heavy atom. The third-order valence-electron chi connectivity index (χ3n) is 4.52. The molecule has 0 radical (unpaired) electrons. The molecule has 2 nitrogen and oxygen atoms in total. The molecule has 1 rings (SSSR count). The first-order valence-electron chi connectivity index (χ1n) is 7.27. The first kappa shape index (κ1) is 15.9. The van der Waals surface area contributed by atoms with Crippen LogP contribution in [0.4, 0.5) is 0 Å². The van der Waals surface area contributed by atoms with Crippen molar-refractivity contribution in [3.63, 3.8) is 0 Å². The summed E-state index contributed by atoms with van der Waals surface area (Å²) in [5, 5.41) is 0.319. The topological polar surface area (TPSA) is 12.5 Å². The summed E-state index contributed by atoms with van der Waals surface area (Å²) in [4.78, 5) is 2.56. The van der Waals surface area contributed by atoms with E-state index in [1.54, 1.807) is 0 Å². The van der Waals surface area contributed by atoms with E-state index >= 15 is 0 Å². The number of likely N-dealkylation sites (tertiary alicyclic amines) is 1. The molecule has 0 N–H and O–H groups in total. The Kier molecular flexibility index (Phi) is 5.62. The van der Waals surface area contributed by atoms with Gasteiger partial charge in [-0.2, -0.15) is 0 Å². The van der Waals surface area contributed by atoms with E-state index in [0.717, 1.165) is 13.2 Å². The Hall–Kier alpha value is -0.123. The van der Waals surface area contributed by atoms with E-state index in [1.165, 1.54) is 19.4 Å². The van der Waals surface area contributed by atoms with E-state index in [-0.39, 0.29) is 0 Å². The molecule has 1 aliphatic rings. The monoisotopic (exact) mass is 269 g/mol. The maximum absolute atomic E-state index is 6.36. The summed E-state index contributed by atoms with van der Waals surface area (Å²) in [7, 11) is -1.58. The fourth-order valence-corrected chi connectivity index (χ4v) is 3.13. The van der Waals surface area contributed by atoms with Gasteiger partial charge in [0.05, 0.1) is 0 Å². The van der Waals surface area contributed by atoms with Gasteiger partial charge >= 0.3 is 0 Å². The van der Waals surface area contributed by atoms with Gasteiger partial charge in [0, 0.05) is 19.2 Å². The predicted octanol–water partition coefficient (Wildman–Crippen LogP) is 4.05. The number of hydrogen-bond donors (Lipinski definition) is 0. The van der Waals surface area contributed by atoms with Gasteiger partial charge in [-0.1, -0.05) is 32.9 Å². The SMILES string of the molecule is C/C=C/CN1CCC[C@@H]1CO[Si](C)(C)C(C)(C)C. The predicted molar refractivity (Wildman–Crippen MR) is 82.6 cm³/mol. The van der Waals surface area contributed by atoms with Crippen molar-refractivity contribution in [3.05, 3.63) is 12.2 Å². The van der Waals surface area contributed by atoms with E-state index in [4.69, 9.17) is 4.43 Å². The van der Waals surface area contributed by atoms with Gasteiger partial charge in [0.1, 0.15) is 0 Å². The highest BCUT2D eigenvalue weighted by molar-refractivity contribution is 6.74. The van der Waals surface area contributed by atoms with E-state index in [2.05, 4.69) is 57.8 Å². The quantitative estimate of drug-likeness (QED) is 0.551. The molecule has 0 aliphatic carbocycles. The van der Waals surface area contributed by atoms with Crippen molar-refractivity contribution in [2.45, 2.75) is 64.7 Å². The normalized spacial score (nSPS) is 23.1. The maximum atomic E-state index is 6.36. The molecule has 0 unspecified atom stereocenters. The summed E-state index contributed by atoms with van der Waals surface area (Å²) in [5.41, 5.74) is 0. The molecule has 0 amide bonds. The molecular formula is C15H31NOSi. The van der Waals surface area contributed by atoms with Crippen LogP contribution in [0.5, 0.6) is 0 Å². The number of hydrogen-bond acceptors (Lipinski definition) is 2. The molecular weight excluding hydrogens is 238 g/mol. The molecule has 0 saturated carbocycles. The number of allylic oxidation sites excluding steroid dienone is 1. The van der Waals surface area contributed by atoms with Crippen LogP contribution in [0, 0.1) is 0 Å². The van der Waals surface area contributed by atoms with Crippen molar-refractivity contribution in [2.75, 3.05) is 19.7 Å². The van der Waals surface area contributed by atoms with Crippen molar-refractivity contribution in [1.29, 1.82) is 0 Å². The van der Waals surface area contributed by atoms with Gasteiger partial charge < -0.3 is 4.43 Å². The lowest BCUT2D eigenvalue weighted by molar-refractivity contribution is 0.173. The van der Waals surface area contributed by atoms with Crippen LogP contribution in [0.1, 0.15) is 40.5 Å². The second kappa shape index (κ2) is 6.35. The summed E-state index contributed by atoms with van der Waals surface area (Å²) in [6.07, 6.45) is 7.02. The van der Waals surface area contributed by atoms with Crippen molar-refractivity contribution < 1.29 is 4.43 Å². The zero-order valence-corrected chi connectivity index (χ0v) is 14.1. The van der Waals surface area contributed by atoms with Gasteiger partial charge in [-0.05, 0) is 44.4 Å². The molecule has 0 aromatic carbocycles. The molecule has 0 spiro atoms. The van der Waals surface area contributed by atoms with Crippen molar-refractivity contribution in [1.82, 2.24) is 4.90 Å². The van der Waals surface area contributed by atoms with Crippen LogP contribution in [0.15, 0.2) is 12.2 Å². The lowest BCUT2D eigenvalue weighted by atomic mass is 10.2. The second-order valence-corrected chi connectivity index (χ2v) is 11.7. The fourth-order valence-electron chi connectivity index (χ4n) is 2.09. The average molecular weight is 270 g/mol. The van der Waals surface area contributed by atoms with Crippen LogP contribution in [0.3, 0.4) is 0 Å². The molecule has 1 heterocycles. The Bertz CT molecular complexity index is 281. The van der Waals surface area contributed by atoms with E-state index in [0.29, 0.717) is 11.1 Å². The van der Waals surface area contributed by atoms with Gasteiger partial charge in [-0.25, -0.2) is 0 Å². The molecule has 0 aromatic rings. The van der Waals surface area contributed by atoms with E-state index in [9.17, 15) is 0 Å². The first-order valence-corrected chi connectivity index (χ1v) is 10.2. The Labute approximate surface area is 115 Å². The first-order chi connectivity index (χ1) is 8.28. The van der Waals surface area contributed by atoms with Crippen molar-refractivity contribution in [3.8, 4) is 0 Å². The molecule has 1 aliphatic heterocycles. The molecule has 106 valence electrons. The van der Waals surface area contributed by atoms with E-state index < -0.39 is 8.32 Å². The zero-order chi connectivity index (χ0) is 13.8. The van der Waals surface area contributed by atoms with Crippen LogP contribution < -0.4 is 0 Å². The van der Waals surface area contributed by atoms with Crippen LogP contribution in [-0.4, -0.2) is 39.0 Å². The maximum Gasteiger partial charge on any atom is 0.192 e. The molecule has 1 saturated heterocycles. The average Bonchev–Trinajstić information content (AvgIpc) is 2.69. The molecule has 1 fully saturated rings. The van der Waals surface area contributed by atoms with Crippen molar-refractivity contribution in [2.24, 2.45) is 0 Å². The standard InChI is InChI=1S/C15H31NOSi/c1-7-8-11-16-12-9-10-14(16)13-17-18(5,6)15(2,3)4/h7-8,14H,9-13H2,1-6H3/b8-7+/t14-/m1/s1. The minimum atomic E-state index is -1.58. The minimum absolute atomic E-state index is 0.319. The Balaban J connectivity index is 2.47. The lowest BCUT2D eigenvalue weighted by Gasteiger charge is -2.38. The highest BCUT2D eigenvalue weighted by Gasteiger charge is 2.38. The second-order valence-electron chi connectivity index (χ2n) is 6.93. The number of nitrogens with zero attached hydrogens (tertiary/aromatic N) is 1. The smallest absolute Gasteiger partial charge is 0.192 e. The Morgan fingerprint density at radius 1 is 1.33 bits per heavy atom. The largest absolute Gasteiger partial charge is 0.415 e. The summed E-state index contributed by atoms with van der Waals surface area (Å²) in [6.45, 7) is 17.0. The third-order valence-corrected chi connectivity index (χ3v) is 9.02. The van der Waals surface area contributed by atoms with Crippen LogP contribution in [0.2, 0.25) is 18.1 Å². The van der Waals surface area contributed by atoms with Gasteiger partial charge in [-0.3, -0.25) is 4.90 Å². The lowest BCUT2D eigenvalue weighted by Crippen LogP contribution is -2.44. The molecule has 0 aromatic heterocycles. The van der Waals surface area contributed by atoms with Crippen LogP contribution in [0.25, 0.3) is 0 Å². The summed E-state index contributed by atoms with van der Waals surface area (Å²) in [6, 6.07) is 0.635. The highest BCUT2D eigenvalue weighted by Crippen LogP contribution is 2.37. The summed E-state index contributed by atoms with van der Waals surface area (Å²) < 4.78 is 6.36. The molecule has 3 heteroatoms. The molecule has 0 bridgehead atoms. The van der Waals surface area contributed by atoms with E-state index in [1.807, 2.05) is 0 Å². The van der Waals surface area contributed by atoms with Gasteiger partial charge in [0.25, 0.3) is 0 Å². The van der Waals surface area contributed by atoms with Gasteiger partial charge in [-0.15, -0.1) is 0 Å². The molecule has 1 atom stereocenters. The van der Waals surface area contributed by atoms with Gasteiger partial charge in [0.2, 0.25) is 0 Å². The number of rotatable bonds is 5. The minimum Gasteiger partial charge on any atom is -0.415 e. The van der Waals surface area contributed by atoms with Crippen LogP contribution >= 0.6 is 0 Å². The summed E-state index contributed by atoms with van der Waals surface area (Å²) in [5.74, 6) is 0.